The molecule has 4 nitrogen and oxygen atoms in total. The lowest BCUT2D eigenvalue weighted by atomic mass is 9.84. The highest BCUT2D eigenvalue weighted by atomic mass is 32.1. The molecule has 0 fully saturated rings. The summed E-state index contributed by atoms with van der Waals surface area (Å²) in [5.41, 5.74) is 2.02. The van der Waals surface area contributed by atoms with Gasteiger partial charge in [0.25, 0.3) is 0 Å². The van der Waals surface area contributed by atoms with E-state index in [1.54, 1.807) is 18.4 Å². The minimum absolute atomic E-state index is 0.139. The van der Waals surface area contributed by atoms with E-state index in [1.165, 1.54) is 17.0 Å². The molecule has 2 aromatic rings. The van der Waals surface area contributed by atoms with E-state index in [1.807, 2.05) is 19.1 Å². The van der Waals surface area contributed by atoms with E-state index in [0.717, 1.165) is 22.2 Å². The Morgan fingerprint density at radius 2 is 1.88 bits per heavy atom. The summed E-state index contributed by atoms with van der Waals surface area (Å²) in [4.78, 5) is 10.0. The fourth-order valence-electron chi connectivity index (χ4n) is 2.30. The van der Waals surface area contributed by atoms with Gasteiger partial charge < -0.3 is 10.6 Å². The zero-order chi connectivity index (χ0) is 17.7. The predicted molar refractivity (Wildman–Crippen MR) is 99.2 cm³/mol. The van der Waals surface area contributed by atoms with Crippen LogP contribution in [0.25, 0.3) is 0 Å². The maximum absolute atomic E-state index is 13.1. The average molecular weight is 348 g/mol. The number of hydrogen-bond acceptors (Lipinski definition) is 3. The van der Waals surface area contributed by atoms with Gasteiger partial charge in [0.2, 0.25) is 0 Å². The highest BCUT2D eigenvalue weighted by Gasteiger charge is 2.21. The molecule has 0 saturated heterocycles. The Morgan fingerprint density at radius 3 is 2.42 bits per heavy atom. The van der Waals surface area contributed by atoms with E-state index >= 15 is 0 Å². The zero-order valence-corrected chi connectivity index (χ0v) is 15.7. The molecule has 2 rings (SSSR count). The van der Waals surface area contributed by atoms with Gasteiger partial charge in [-0.1, -0.05) is 26.0 Å². The zero-order valence-electron chi connectivity index (χ0n) is 14.9. The standard InChI is InChI=1S/C18H25FN4S/c1-12-13(2)24-16(23-12)10-21-17(20-5)22-11-18(3,4)14-6-8-15(19)9-7-14/h6-9H,10-11H2,1-5H3,(H2,20,21,22). The molecule has 0 aliphatic carbocycles. The third-order valence-corrected chi connectivity index (χ3v) is 5.10. The van der Waals surface area contributed by atoms with Gasteiger partial charge in [-0.15, -0.1) is 11.3 Å². The van der Waals surface area contributed by atoms with Crippen LogP contribution in [-0.4, -0.2) is 24.5 Å². The first-order chi connectivity index (χ1) is 11.3. The SMILES string of the molecule is CN=C(NCc1nc(C)c(C)s1)NCC(C)(C)c1ccc(F)cc1. The van der Waals surface area contributed by atoms with Gasteiger partial charge in [0.15, 0.2) is 5.96 Å². The number of halogens is 1. The molecule has 0 saturated carbocycles. The molecule has 6 heteroatoms. The van der Waals surface area contributed by atoms with Gasteiger partial charge >= 0.3 is 0 Å². The topological polar surface area (TPSA) is 49.3 Å². The Balaban J connectivity index is 1.91. The van der Waals surface area contributed by atoms with Crippen molar-refractivity contribution < 1.29 is 4.39 Å². The summed E-state index contributed by atoms with van der Waals surface area (Å²) in [6.07, 6.45) is 0. The van der Waals surface area contributed by atoms with Crippen LogP contribution in [0.4, 0.5) is 4.39 Å². The van der Waals surface area contributed by atoms with E-state index < -0.39 is 0 Å². The van der Waals surface area contributed by atoms with Crippen molar-refractivity contribution in [2.24, 2.45) is 4.99 Å². The van der Waals surface area contributed by atoms with E-state index in [0.29, 0.717) is 13.1 Å². The van der Waals surface area contributed by atoms with Crippen molar-refractivity contribution in [3.05, 3.63) is 51.2 Å². The molecule has 1 heterocycles. The maximum atomic E-state index is 13.1. The Labute approximate surface area is 147 Å². The maximum Gasteiger partial charge on any atom is 0.191 e. The van der Waals surface area contributed by atoms with Gasteiger partial charge in [-0.05, 0) is 31.5 Å². The molecule has 2 N–H and O–H groups in total. The van der Waals surface area contributed by atoms with Crippen LogP contribution in [0.15, 0.2) is 29.3 Å². The Hall–Kier alpha value is -1.95. The monoisotopic (exact) mass is 348 g/mol. The van der Waals surface area contributed by atoms with Gasteiger partial charge in [0, 0.05) is 23.9 Å². The number of hydrogen-bond donors (Lipinski definition) is 2. The second-order valence-electron chi connectivity index (χ2n) is 6.42. The summed E-state index contributed by atoms with van der Waals surface area (Å²) in [6, 6.07) is 6.65. The molecule has 0 spiro atoms. The number of rotatable bonds is 5. The van der Waals surface area contributed by atoms with Crippen LogP contribution in [0.2, 0.25) is 0 Å². The molecule has 1 aromatic heterocycles. The van der Waals surface area contributed by atoms with Crippen molar-refractivity contribution in [2.75, 3.05) is 13.6 Å². The number of guanidine groups is 1. The van der Waals surface area contributed by atoms with Crippen molar-refractivity contribution in [1.29, 1.82) is 0 Å². The van der Waals surface area contributed by atoms with Crippen LogP contribution >= 0.6 is 11.3 Å². The van der Waals surface area contributed by atoms with Gasteiger partial charge in [0.1, 0.15) is 10.8 Å². The molecule has 0 aliphatic heterocycles. The lowest BCUT2D eigenvalue weighted by molar-refractivity contribution is 0.507. The molecule has 130 valence electrons. The summed E-state index contributed by atoms with van der Waals surface area (Å²) in [5.74, 6) is 0.518. The van der Waals surface area contributed by atoms with E-state index in [4.69, 9.17) is 0 Å². The lowest BCUT2D eigenvalue weighted by Gasteiger charge is -2.26. The third-order valence-electron chi connectivity index (χ3n) is 4.03. The first kappa shape index (κ1) is 18.4. The number of thiazole rings is 1. The minimum Gasteiger partial charge on any atom is -0.356 e. The number of nitrogens with zero attached hydrogens (tertiary/aromatic N) is 2. The number of aromatic nitrogens is 1. The highest BCUT2D eigenvalue weighted by Crippen LogP contribution is 2.22. The summed E-state index contributed by atoms with van der Waals surface area (Å²) < 4.78 is 13.1. The lowest BCUT2D eigenvalue weighted by Crippen LogP contribution is -2.43. The fourth-order valence-corrected chi connectivity index (χ4v) is 3.18. The van der Waals surface area contributed by atoms with Gasteiger partial charge in [-0.3, -0.25) is 4.99 Å². The smallest absolute Gasteiger partial charge is 0.191 e. The summed E-state index contributed by atoms with van der Waals surface area (Å²) in [5, 5.41) is 7.67. The largest absolute Gasteiger partial charge is 0.356 e. The molecule has 0 amide bonds. The van der Waals surface area contributed by atoms with Gasteiger partial charge in [0.05, 0.1) is 12.2 Å². The van der Waals surface area contributed by atoms with Crippen molar-refractivity contribution in [3.8, 4) is 0 Å². The molecular formula is C18H25FN4S. The molecule has 0 atom stereocenters. The number of aryl methyl sites for hydroxylation is 2. The van der Waals surface area contributed by atoms with Crippen molar-refractivity contribution >= 4 is 17.3 Å². The summed E-state index contributed by atoms with van der Waals surface area (Å²) in [6.45, 7) is 9.68. The van der Waals surface area contributed by atoms with E-state index in [2.05, 4.69) is 41.4 Å². The van der Waals surface area contributed by atoms with Gasteiger partial charge in [-0.2, -0.15) is 0 Å². The highest BCUT2D eigenvalue weighted by molar-refractivity contribution is 7.11. The molecule has 0 unspecified atom stereocenters. The molecule has 24 heavy (non-hydrogen) atoms. The van der Waals surface area contributed by atoms with Crippen LogP contribution in [-0.2, 0) is 12.0 Å². The Kier molecular flexibility index (Phi) is 5.94. The van der Waals surface area contributed by atoms with Crippen molar-refractivity contribution in [3.63, 3.8) is 0 Å². The van der Waals surface area contributed by atoms with Crippen LogP contribution in [0, 0.1) is 19.7 Å². The predicted octanol–water partition coefficient (Wildman–Crippen LogP) is 3.54. The van der Waals surface area contributed by atoms with Crippen LogP contribution in [0.5, 0.6) is 0 Å². The molecular weight excluding hydrogens is 323 g/mol. The van der Waals surface area contributed by atoms with E-state index in [9.17, 15) is 4.39 Å². The van der Waals surface area contributed by atoms with Crippen LogP contribution in [0.1, 0.15) is 35.0 Å². The fraction of sp³-hybridized carbons (Fsp3) is 0.444. The number of benzene rings is 1. The quantitative estimate of drug-likeness (QED) is 0.642. The van der Waals surface area contributed by atoms with Crippen LogP contribution in [0.3, 0.4) is 0 Å². The van der Waals surface area contributed by atoms with Crippen molar-refractivity contribution in [2.45, 2.75) is 39.7 Å². The Bertz CT molecular complexity index is 685. The van der Waals surface area contributed by atoms with Crippen LogP contribution < -0.4 is 10.6 Å². The molecule has 0 aliphatic rings. The molecule has 1 aromatic carbocycles. The normalized spacial score (nSPS) is 12.3. The van der Waals surface area contributed by atoms with E-state index in [-0.39, 0.29) is 11.2 Å². The average Bonchev–Trinajstić information content (AvgIpc) is 2.86. The number of nitrogens with one attached hydrogen (secondary N) is 2. The van der Waals surface area contributed by atoms with Gasteiger partial charge in [-0.25, -0.2) is 9.37 Å². The summed E-state index contributed by atoms with van der Waals surface area (Å²) >= 11 is 1.70. The second kappa shape index (κ2) is 7.75. The minimum atomic E-state index is -0.214. The summed E-state index contributed by atoms with van der Waals surface area (Å²) in [7, 11) is 1.75. The molecule has 0 bridgehead atoms. The first-order valence-electron chi connectivity index (χ1n) is 7.95. The molecule has 0 radical (unpaired) electrons. The number of aliphatic imine (C=N–C) groups is 1. The second-order valence-corrected chi connectivity index (χ2v) is 7.71. The first-order valence-corrected chi connectivity index (χ1v) is 8.77. The third kappa shape index (κ3) is 4.77. The van der Waals surface area contributed by atoms with Crippen molar-refractivity contribution in [1.82, 2.24) is 15.6 Å². The Morgan fingerprint density at radius 1 is 1.21 bits per heavy atom.